The third-order valence-electron chi connectivity index (χ3n) is 2.90. The number of amides is 1. The lowest BCUT2D eigenvalue weighted by Gasteiger charge is -2.14. The number of anilines is 1. The maximum Gasteiger partial charge on any atom is 0.432 e. The van der Waals surface area contributed by atoms with Crippen LogP contribution in [0.4, 0.5) is 49.6 Å². The van der Waals surface area contributed by atoms with E-state index >= 15 is 0 Å². The highest BCUT2D eigenvalue weighted by atomic mass is 19.4. The molecule has 0 saturated heterocycles. The lowest BCUT2D eigenvalue weighted by atomic mass is 10.1. The number of rotatable bonds is 2. The second-order valence-corrected chi connectivity index (χ2v) is 4.62. The fourth-order valence-corrected chi connectivity index (χ4v) is 1.75. The Kier molecular flexibility index (Phi) is 4.64. The summed E-state index contributed by atoms with van der Waals surface area (Å²) in [5.41, 5.74) is -7.47. The standard InChI is InChI=1S/C12H3F10N3O/c13-5-4(12(20,21)22)6(14)8(16)9(7(5)15)23-10(26)2-1-3(25-24-2)11(17,18)19/h1H,(H,23,26)(H,24,25). The molecular weight excluding hydrogens is 392 g/mol. The van der Waals surface area contributed by atoms with Gasteiger partial charge in [0.2, 0.25) is 0 Å². The summed E-state index contributed by atoms with van der Waals surface area (Å²) in [6, 6.07) is 0.0991. The van der Waals surface area contributed by atoms with E-state index in [1.807, 2.05) is 0 Å². The Hall–Kier alpha value is -2.80. The van der Waals surface area contributed by atoms with Crippen molar-refractivity contribution in [3.05, 3.63) is 46.3 Å². The van der Waals surface area contributed by atoms with Crippen LogP contribution in [0, 0.1) is 23.3 Å². The minimum atomic E-state index is -5.79. The van der Waals surface area contributed by atoms with E-state index in [0.717, 1.165) is 5.32 Å². The molecule has 0 aliphatic rings. The van der Waals surface area contributed by atoms with Crippen LogP contribution in [0.25, 0.3) is 0 Å². The quantitative estimate of drug-likeness (QED) is 0.590. The van der Waals surface area contributed by atoms with E-state index < -0.39 is 64.2 Å². The maximum atomic E-state index is 13.6. The SMILES string of the molecule is O=C(Nc1c(F)c(F)c(C(F)(F)F)c(F)c1F)c1cc(C(F)(F)F)[nH]n1. The minimum absolute atomic E-state index is 0.0991. The van der Waals surface area contributed by atoms with Gasteiger partial charge in [-0.2, -0.15) is 31.4 Å². The largest absolute Gasteiger partial charge is 0.432 e. The highest BCUT2D eigenvalue weighted by Gasteiger charge is 2.42. The molecule has 0 aliphatic heterocycles. The Morgan fingerprint density at radius 3 is 1.77 bits per heavy atom. The topological polar surface area (TPSA) is 57.8 Å². The van der Waals surface area contributed by atoms with Crippen LogP contribution in [-0.4, -0.2) is 16.1 Å². The van der Waals surface area contributed by atoms with Gasteiger partial charge in [0.15, 0.2) is 29.0 Å². The van der Waals surface area contributed by atoms with Crippen LogP contribution in [0.3, 0.4) is 0 Å². The molecule has 1 heterocycles. The van der Waals surface area contributed by atoms with Gasteiger partial charge in [0, 0.05) is 6.07 Å². The predicted molar refractivity (Wildman–Crippen MR) is 62.8 cm³/mol. The molecule has 0 spiro atoms. The van der Waals surface area contributed by atoms with Crippen molar-refractivity contribution in [2.24, 2.45) is 0 Å². The average molecular weight is 395 g/mol. The number of hydrogen-bond acceptors (Lipinski definition) is 2. The highest BCUT2D eigenvalue weighted by Crippen LogP contribution is 2.38. The zero-order chi connectivity index (χ0) is 20.0. The number of halogens is 10. The fraction of sp³-hybridized carbons (Fsp3) is 0.167. The summed E-state index contributed by atoms with van der Waals surface area (Å²) < 4.78 is 128. The molecule has 4 nitrogen and oxygen atoms in total. The third-order valence-corrected chi connectivity index (χ3v) is 2.90. The molecule has 14 heteroatoms. The van der Waals surface area contributed by atoms with E-state index in [0.29, 0.717) is 0 Å². The van der Waals surface area contributed by atoms with E-state index in [-0.39, 0.29) is 6.07 Å². The second-order valence-electron chi connectivity index (χ2n) is 4.62. The van der Waals surface area contributed by atoms with Crippen molar-refractivity contribution >= 4 is 11.6 Å². The van der Waals surface area contributed by atoms with Crippen LogP contribution in [0.2, 0.25) is 0 Å². The first-order valence-corrected chi connectivity index (χ1v) is 6.12. The summed E-state index contributed by atoms with van der Waals surface area (Å²) in [5.74, 6) is -12.7. The fourth-order valence-electron chi connectivity index (χ4n) is 1.75. The van der Waals surface area contributed by atoms with Gasteiger partial charge >= 0.3 is 12.4 Å². The van der Waals surface area contributed by atoms with Gasteiger partial charge in [0.1, 0.15) is 16.9 Å². The minimum Gasteiger partial charge on any atom is -0.315 e. The number of alkyl halides is 6. The number of aromatic amines is 1. The van der Waals surface area contributed by atoms with Gasteiger partial charge < -0.3 is 5.32 Å². The summed E-state index contributed by atoms with van der Waals surface area (Å²) in [6.07, 6.45) is -10.8. The van der Waals surface area contributed by atoms with E-state index in [1.165, 1.54) is 5.10 Å². The second kappa shape index (κ2) is 6.17. The van der Waals surface area contributed by atoms with E-state index in [1.54, 1.807) is 0 Å². The van der Waals surface area contributed by atoms with Gasteiger partial charge in [-0.25, -0.2) is 17.6 Å². The summed E-state index contributed by atoms with van der Waals surface area (Å²) >= 11 is 0. The Bertz CT molecular complexity index is 838. The van der Waals surface area contributed by atoms with Crippen LogP contribution in [0.5, 0.6) is 0 Å². The normalized spacial score (nSPS) is 12.4. The molecule has 0 unspecified atom stereocenters. The predicted octanol–water partition coefficient (Wildman–Crippen LogP) is 4.26. The Morgan fingerprint density at radius 2 is 1.38 bits per heavy atom. The van der Waals surface area contributed by atoms with Crippen LogP contribution in [-0.2, 0) is 12.4 Å². The van der Waals surface area contributed by atoms with Crippen molar-refractivity contribution < 1.29 is 48.7 Å². The zero-order valence-electron chi connectivity index (χ0n) is 11.7. The van der Waals surface area contributed by atoms with Crippen LogP contribution in [0.1, 0.15) is 21.7 Å². The Labute approximate surface area is 135 Å². The van der Waals surface area contributed by atoms with Crippen molar-refractivity contribution in [3.8, 4) is 0 Å². The molecule has 0 atom stereocenters. The van der Waals surface area contributed by atoms with Crippen LogP contribution < -0.4 is 5.32 Å². The molecule has 0 radical (unpaired) electrons. The van der Waals surface area contributed by atoms with Gasteiger partial charge in [0.25, 0.3) is 5.91 Å². The summed E-state index contributed by atoms with van der Waals surface area (Å²) in [7, 11) is 0. The number of nitrogens with zero attached hydrogens (tertiary/aromatic N) is 1. The van der Waals surface area contributed by atoms with E-state index in [2.05, 4.69) is 5.10 Å². The average Bonchev–Trinajstić information content (AvgIpc) is 2.98. The van der Waals surface area contributed by atoms with E-state index in [9.17, 15) is 48.7 Å². The van der Waals surface area contributed by atoms with E-state index in [4.69, 9.17) is 0 Å². The van der Waals surface area contributed by atoms with Crippen LogP contribution in [0.15, 0.2) is 6.07 Å². The zero-order valence-corrected chi connectivity index (χ0v) is 11.7. The van der Waals surface area contributed by atoms with Crippen molar-refractivity contribution in [1.82, 2.24) is 10.2 Å². The molecular formula is C12H3F10N3O. The van der Waals surface area contributed by atoms with Crippen LogP contribution >= 0.6 is 0 Å². The molecule has 1 amide bonds. The number of H-pyrrole nitrogens is 1. The number of carbonyl (C=O) groups is 1. The lowest BCUT2D eigenvalue weighted by Crippen LogP contribution is -2.20. The molecule has 0 bridgehead atoms. The number of nitrogens with one attached hydrogen (secondary N) is 2. The van der Waals surface area contributed by atoms with Gasteiger partial charge in [-0.3, -0.25) is 9.89 Å². The molecule has 0 saturated carbocycles. The molecule has 1 aromatic carbocycles. The van der Waals surface area contributed by atoms with Gasteiger partial charge in [-0.1, -0.05) is 0 Å². The van der Waals surface area contributed by atoms with Gasteiger partial charge in [-0.05, 0) is 0 Å². The first kappa shape index (κ1) is 19.5. The van der Waals surface area contributed by atoms with Gasteiger partial charge in [-0.15, -0.1) is 0 Å². The molecule has 1 aromatic heterocycles. The lowest BCUT2D eigenvalue weighted by molar-refractivity contribution is -0.143. The molecule has 26 heavy (non-hydrogen) atoms. The number of benzene rings is 1. The molecule has 0 fully saturated rings. The molecule has 0 aliphatic carbocycles. The van der Waals surface area contributed by atoms with Crippen molar-refractivity contribution in [2.45, 2.75) is 12.4 Å². The third kappa shape index (κ3) is 3.43. The molecule has 2 rings (SSSR count). The highest BCUT2D eigenvalue weighted by molar-refractivity contribution is 6.03. The van der Waals surface area contributed by atoms with Crippen molar-refractivity contribution in [1.29, 1.82) is 0 Å². The summed E-state index contributed by atoms with van der Waals surface area (Å²) in [5, 5.41) is 5.38. The number of hydrogen-bond donors (Lipinski definition) is 2. The monoisotopic (exact) mass is 395 g/mol. The smallest absolute Gasteiger partial charge is 0.315 e. The Balaban J connectivity index is 2.44. The first-order valence-electron chi connectivity index (χ1n) is 6.12. The molecule has 2 aromatic rings. The molecule has 142 valence electrons. The summed E-state index contributed by atoms with van der Waals surface area (Å²) in [6.45, 7) is 0. The van der Waals surface area contributed by atoms with Crippen molar-refractivity contribution in [3.63, 3.8) is 0 Å². The van der Waals surface area contributed by atoms with Gasteiger partial charge in [0.05, 0.1) is 0 Å². The number of carbonyl (C=O) groups excluding carboxylic acids is 1. The first-order chi connectivity index (χ1) is 11.7. The van der Waals surface area contributed by atoms with Crippen molar-refractivity contribution in [2.75, 3.05) is 5.32 Å². The summed E-state index contributed by atoms with van der Waals surface area (Å²) in [4.78, 5) is 11.6. The number of aromatic nitrogens is 2. The maximum absolute atomic E-state index is 13.6. The molecule has 2 N–H and O–H groups in total. The Morgan fingerprint density at radius 1 is 0.885 bits per heavy atom.